The third-order valence-corrected chi connectivity index (χ3v) is 4.50. The highest BCUT2D eigenvalue weighted by molar-refractivity contribution is 5.46. The molecule has 1 aromatic heterocycles. The predicted molar refractivity (Wildman–Crippen MR) is 86.6 cm³/mol. The van der Waals surface area contributed by atoms with Crippen LogP contribution in [0.25, 0.3) is 0 Å². The van der Waals surface area contributed by atoms with Gasteiger partial charge in [-0.05, 0) is 45.4 Å². The van der Waals surface area contributed by atoms with Crippen molar-refractivity contribution < 1.29 is 5.11 Å². The summed E-state index contributed by atoms with van der Waals surface area (Å²) in [6.07, 6.45) is 7.04. The van der Waals surface area contributed by atoms with Crippen LogP contribution in [0.3, 0.4) is 0 Å². The maximum absolute atomic E-state index is 10.7. The normalized spacial score (nSPS) is 25.6. The van der Waals surface area contributed by atoms with E-state index in [0.717, 1.165) is 49.5 Å². The van der Waals surface area contributed by atoms with Gasteiger partial charge in [-0.3, -0.25) is 0 Å². The van der Waals surface area contributed by atoms with Crippen LogP contribution in [0.15, 0.2) is 6.20 Å². The molecule has 0 spiro atoms. The fourth-order valence-corrected chi connectivity index (χ4v) is 2.91. The summed E-state index contributed by atoms with van der Waals surface area (Å²) in [5, 5.41) is 17.1. The fourth-order valence-electron chi connectivity index (χ4n) is 2.91. The van der Waals surface area contributed by atoms with Crippen molar-refractivity contribution in [3.05, 3.63) is 11.8 Å². The van der Waals surface area contributed by atoms with Crippen molar-refractivity contribution in [2.45, 2.75) is 58.5 Å². The van der Waals surface area contributed by atoms with Crippen molar-refractivity contribution in [1.29, 1.82) is 0 Å². The number of hydrogen-bond donors (Lipinski definition) is 3. The molecule has 118 valence electrons. The number of nitrogens with one attached hydrogen (secondary N) is 2. The van der Waals surface area contributed by atoms with E-state index < -0.39 is 5.60 Å². The lowest BCUT2D eigenvalue weighted by atomic mass is 9.78. The van der Waals surface area contributed by atoms with Gasteiger partial charge in [0.1, 0.15) is 5.82 Å². The molecule has 1 saturated carbocycles. The van der Waals surface area contributed by atoms with Crippen LogP contribution in [0.1, 0.15) is 51.5 Å². The summed E-state index contributed by atoms with van der Waals surface area (Å²) >= 11 is 0. The molecular weight excluding hydrogens is 264 g/mol. The molecule has 0 unspecified atom stereocenters. The van der Waals surface area contributed by atoms with Crippen molar-refractivity contribution in [3.8, 4) is 0 Å². The molecule has 1 aliphatic carbocycles. The summed E-state index contributed by atoms with van der Waals surface area (Å²) in [6.45, 7) is 7.60. The highest BCUT2D eigenvalue weighted by Gasteiger charge is 2.32. The molecule has 0 bridgehead atoms. The average Bonchev–Trinajstić information content (AvgIpc) is 2.49. The van der Waals surface area contributed by atoms with Gasteiger partial charge in [0.05, 0.1) is 5.60 Å². The summed E-state index contributed by atoms with van der Waals surface area (Å²) in [6, 6.07) is 0. The fraction of sp³-hybridized carbons (Fsp3) is 0.750. The van der Waals surface area contributed by atoms with Crippen LogP contribution in [0, 0.1) is 12.8 Å². The Morgan fingerprint density at radius 1 is 1.29 bits per heavy atom. The number of rotatable bonds is 6. The zero-order valence-corrected chi connectivity index (χ0v) is 13.4. The van der Waals surface area contributed by atoms with Gasteiger partial charge < -0.3 is 15.7 Å². The zero-order chi connectivity index (χ0) is 15.3. The van der Waals surface area contributed by atoms with Crippen molar-refractivity contribution in [3.63, 3.8) is 0 Å². The van der Waals surface area contributed by atoms with E-state index in [2.05, 4.69) is 27.5 Å². The SMILES string of the molecule is CCNc1ncc(C)c(NCC2(O)CCC(CC)CC2)n1. The topological polar surface area (TPSA) is 70.1 Å². The van der Waals surface area contributed by atoms with Gasteiger partial charge in [0.15, 0.2) is 0 Å². The first-order valence-corrected chi connectivity index (χ1v) is 8.10. The summed E-state index contributed by atoms with van der Waals surface area (Å²) in [5.74, 6) is 2.23. The number of aryl methyl sites for hydroxylation is 1. The second kappa shape index (κ2) is 7.07. The Morgan fingerprint density at radius 3 is 2.62 bits per heavy atom. The number of aromatic nitrogens is 2. The second-order valence-electron chi connectivity index (χ2n) is 6.19. The number of anilines is 2. The molecule has 1 fully saturated rings. The lowest BCUT2D eigenvalue weighted by molar-refractivity contribution is 0.00222. The van der Waals surface area contributed by atoms with Gasteiger partial charge in [0.25, 0.3) is 0 Å². The zero-order valence-electron chi connectivity index (χ0n) is 13.4. The molecular formula is C16H28N4O. The standard InChI is InChI=1S/C16H28N4O/c1-4-13-6-8-16(21,9-7-13)11-19-14-12(3)10-18-15(20-14)17-5-2/h10,13,21H,4-9,11H2,1-3H3,(H2,17,18,19,20). The van der Waals surface area contributed by atoms with E-state index in [1.807, 2.05) is 20.0 Å². The maximum atomic E-state index is 10.7. The van der Waals surface area contributed by atoms with Gasteiger partial charge >= 0.3 is 0 Å². The monoisotopic (exact) mass is 292 g/mol. The second-order valence-corrected chi connectivity index (χ2v) is 6.19. The van der Waals surface area contributed by atoms with E-state index in [1.165, 1.54) is 6.42 Å². The van der Waals surface area contributed by atoms with Crippen LogP contribution in [0.2, 0.25) is 0 Å². The minimum atomic E-state index is -0.596. The number of aliphatic hydroxyl groups is 1. The summed E-state index contributed by atoms with van der Waals surface area (Å²) in [5.41, 5.74) is 0.406. The largest absolute Gasteiger partial charge is 0.388 e. The van der Waals surface area contributed by atoms with Crippen LogP contribution >= 0.6 is 0 Å². The molecule has 0 aliphatic heterocycles. The van der Waals surface area contributed by atoms with Crippen LogP contribution < -0.4 is 10.6 Å². The van der Waals surface area contributed by atoms with E-state index in [9.17, 15) is 5.11 Å². The van der Waals surface area contributed by atoms with Gasteiger partial charge in [0.2, 0.25) is 5.95 Å². The van der Waals surface area contributed by atoms with Crippen molar-refractivity contribution in [2.75, 3.05) is 23.7 Å². The molecule has 0 atom stereocenters. The predicted octanol–water partition coefficient (Wildman–Crippen LogP) is 2.96. The molecule has 21 heavy (non-hydrogen) atoms. The molecule has 0 radical (unpaired) electrons. The number of nitrogens with zero attached hydrogens (tertiary/aromatic N) is 2. The molecule has 0 saturated heterocycles. The van der Waals surface area contributed by atoms with E-state index in [-0.39, 0.29) is 0 Å². The van der Waals surface area contributed by atoms with Gasteiger partial charge in [-0.1, -0.05) is 13.3 Å². The van der Waals surface area contributed by atoms with Crippen molar-refractivity contribution in [2.24, 2.45) is 5.92 Å². The number of hydrogen-bond acceptors (Lipinski definition) is 5. The first-order chi connectivity index (χ1) is 10.1. The van der Waals surface area contributed by atoms with Gasteiger partial charge in [-0.25, -0.2) is 4.98 Å². The molecule has 1 heterocycles. The Labute approximate surface area is 127 Å². The van der Waals surface area contributed by atoms with Crippen LogP contribution in [-0.4, -0.2) is 33.8 Å². The van der Waals surface area contributed by atoms with E-state index in [1.54, 1.807) is 0 Å². The lowest BCUT2D eigenvalue weighted by Gasteiger charge is -2.36. The Bertz CT molecular complexity index is 456. The molecule has 5 heteroatoms. The first-order valence-electron chi connectivity index (χ1n) is 8.10. The third kappa shape index (κ3) is 4.30. The Morgan fingerprint density at radius 2 is 2.00 bits per heavy atom. The van der Waals surface area contributed by atoms with Crippen LogP contribution in [0.4, 0.5) is 11.8 Å². The smallest absolute Gasteiger partial charge is 0.224 e. The lowest BCUT2D eigenvalue weighted by Crippen LogP contribution is -2.40. The molecule has 1 aromatic rings. The third-order valence-electron chi connectivity index (χ3n) is 4.50. The average molecular weight is 292 g/mol. The van der Waals surface area contributed by atoms with Crippen LogP contribution in [-0.2, 0) is 0 Å². The summed E-state index contributed by atoms with van der Waals surface area (Å²) in [7, 11) is 0. The highest BCUT2D eigenvalue weighted by atomic mass is 16.3. The minimum absolute atomic E-state index is 0.562. The molecule has 0 amide bonds. The Kier molecular flexibility index (Phi) is 5.39. The highest BCUT2D eigenvalue weighted by Crippen LogP contribution is 2.33. The van der Waals surface area contributed by atoms with E-state index in [4.69, 9.17) is 0 Å². The molecule has 3 N–H and O–H groups in total. The molecule has 1 aliphatic rings. The first kappa shape index (κ1) is 16.0. The van der Waals surface area contributed by atoms with E-state index >= 15 is 0 Å². The van der Waals surface area contributed by atoms with Gasteiger partial charge in [0, 0.05) is 24.8 Å². The van der Waals surface area contributed by atoms with Gasteiger partial charge in [-0.15, -0.1) is 0 Å². The Hall–Kier alpha value is -1.36. The molecule has 0 aromatic carbocycles. The van der Waals surface area contributed by atoms with Gasteiger partial charge in [-0.2, -0.15) is 4.98 Å². The van der Waals surface area contributed by atoms with Crippen molar-refractivity contribution >= 4 is 11.8 Å². The summed E-state index contributed by atoms with van der Waals surface area (Å²) < 4.78 is 0. The quantitative estimate of drug-likeness (QED) is 0.752. The molecule has 5 nitrogen and oxygen atoms in total. The summed E-state index contributed by atoms with van der Waals surface area (Å²) in [4.78, 5) is 8.70. The maximum Gasteiger partial charge on any atom is 0.224 e. The molecule has 2 rings (SSSR count). The van der Waals surface area contributed by atoms with Crippen LogP contribution in [0.5, 0.6) is 0 Å². The Balaban J connectivity index is 1.94. The minimum Gasteiger partial charge on any atom is -0.388 e. The van der Waals surface area contributed by atoms with E-state index in [0.29, 0.717) is 12.5 Å². The van der Waals surface area contributed by atoms with Crippen molar-refractivity contribution in [1.82, 2.24) is 9.97 Å².